The summed E-state index contributed by atoms with van der Waals surface area (Å²) in [6, 6.07) is 0. The zero-order chi connectivity index (χ0) is 7.94. The summed E-state index contributed by atoms with van der Waals surface area (Å²) in [5.41, 5.74) is 0. The molecule has 0 amide bonds. The van der Waals surface area contributed by atoms with Gasteiger partial charge in [0.05, 0.1) is 0 Å². The summed E-state index contributed by atoms with van der Waals surface area (Å²) in [5, 5.41) is 3.49. The van der Waals surface area contributed by atoms with E-state index >= 15 is 0 Å². The molecule has 11 heavy (non-hydrogen) atoms. The van der Waals surface area contributed by atoms with Gasteiger partial charge in [0.1, 0.15) is 0 Å². The van der Waals surface area contributed by atoms with Gasteiger partial charge in [-0.1, -0.05) is 6.92 Å². The summed E-state index contributed by atoms with van der Waals surface area (Å²) < 4.78 is 0. The molecule has 0 spiro atoms. The minimum atomic E-state index is 1.03. The Hall–Kier alpha value is 0.310. The summed E-state index contributed by atoms with van der Waals surface area (Å²) in [7, 11) is 0. The summed E-state index contributed by atoms with van der Waals surface area (Å²) >= 11 is 2.06. The van der Waals surface area contributed by atoms with E-state index in [0.29, 0.717) is 0 Å². The molecular formula is C9H19NS. The highest BCUT2D eigenvalue weighted by atomic mass is 32.2. The Kier molecular flexibility index (Phi) is 5.04. The second-order valence-corrected chi connectivity index (χ2v) is 4.48. The molecule has 1 nitrogen and oxygen atoms in total. The first kappa shape index (κ1) is 9.40. The molecule has 0 radical (unpaired) electrons. The van der Waals surface area contributed by atoms with Gasteiger partial charge in [0.2, 0.25) is 0 Å². The van der Waals surface area contributed by atoms with E-state index in [1.807, 2.05) is 0 Å². The second kappa shape index (κ2) is 5.90. The minimum Gasteiger partial charge on any atom is -0.316 e. The minimum absolute atomic E-state index is 1.03. The van der Waals surface area contributed by atoms with Crippen LogP contribution >= 0.6 is 11.8 Å². The molecule has 1 N–H and O–H groups in total. The third-order valence-electron chi connectivity index (χ3n) is 1.90. The van der Waals surface area contributed by atoms with Crippen LogP contribution in [0.1, 0.15) is 26.2 Å². The molecule has 0 heterocycles. The first-order valence-corrected chi connectivity index (χ1v) is 5.87. The van der Waals surface area contributed by atoms with Gasteiger partial charge in [0.25, 0.3) is 0 Å². The molecule has 1 aliphatic rings. The zero-order valence-electron chi connectivity index (χ0n) is 7.44. The molecule has 0 aromatic heterocycles. The third-order valence-corrected chi connectivity index (χ3v) is 3.09. The molecule has 2 heteroatoms. The molecule has 0 atom stereocenters. The van der Waals surface area contributed by atoms with Gasteiger partial charge in [0.15, 0.2) is 0 Å². The average molecular weight is 173 g/mol. The molecule has 1 fully saturated rings. The summed E-state index contributed by atoms with van der Waals surface area (Å²) in [6.07, 6.45) is 4.25. The third kappa shape index (κ3) is 5.57. The summed E-state index contributed by atoms with van der Waals surface area (Å²) in [5.74, 6) is 3.65. The van der Waals surface area contributed by atoms with Crippen molar-refractivity contribution in [2.24, 2.45) is 5.92 Å². The van der Waals surface area contributed by atoms with Crippen LogP contribution < -0.4 is 5.32 Å². The van der Waals surface area contributed by atoms with E-state index in [1.54, 1.807) is 0 Å². The highest BCUT2D eigenvalue weighted by molar-refractivity contribution is 7.99. The van der Waals surface area contributed by atoms with Crippen molar-refractivity contribution in [2.45, 2.75) is 26.2 Å². The first-order chi connectivity index (χ1) is 5.43. The van der Waals surface area contributed by atoms with Crippen LogP contribution in [0.25, 0.3) is 0 Å². The van der Waals surface area contributed by atoms with Gasteiger partial charge in [-0.15, -0.1) is 0 Å². The highest BCUT2D eigenvalue weighted by Gasteiger charge is 2.19. The van der Waals surface area contributed by atoms with Gasteiger partial charge in [-0.2, -0.15) is 11.8 Å². The SMILES string of the molecule is CCCSCCNCC1CC1. The standard InChI is InChI=1S/C9H19NS/c1-2-6-11-7-5-10-8-9-3-4-9/h9-10H,2-8H2,1H3. The molecule has 66 valence electrons. The Bertz CT molecular complexity index is 91.6. The van der Waals surface area contributed by atoms with E-state index < -0.39 is 0 Å². The van der Waals surface area contributed by atoms with E-state index in [4.69, 9.17) is 0 Å². The Labute approximate surface area is 74.3 Å². The number of hydrogen-bond donors (Lipinski definition) is 1. The maximum Gasteiger partial charge on any atom is 0.00581 e. The van der Waals surface area contributed by atoms with Gasteiger partial charge in [0, 0.05) is 12.3 Å². The topological polar surface area (TPSA) is 12.0 Å². The van der Waals surface area contributed by atoms with Gasteiger partial charge in [-0.3, -0.25) is 0 Å². The van der Waals surface area contributed by atoms with Gasteiger partial charge >= 0.3 is 0 Å². The number of rotatable bonds is 7. The molecule has 0 aromatic rings. The predicted octanol–water partition coefficient (Wildman–Crippen LogP) is 2.13. The Morgan fingerprint density at radius 1 is 1.36 bits per heavy atom. The lowest BCUT2D eigenvalue weighted by Gasteiger charge is -2.01. The van der Waals surface area contributed by atoms with E-state index in [9.17, 15) is 0 Å². The summed E-state index contributed by atoms with van der Waals surface area (Å²) in [4.78, 5) is 0. The molecular weight excluding hydrogens is 154 g/mol. The van der Waals surface area contributed by atoms with E-state index in [2.05, 4.69) is 24.0 Å². The fourth-order valence-electron chi connectivity index (χ4n) is 1.02. The van der Waals surface area contributed by atoms with Crippen LogP contribution in [-0.4, -0.2) is 24.6 Å². The van der Waals surface area contributed by atoms with Crippen molar-refractivity contribution < 1.29 is 0 Å². The maximum absolute atomic E-state index is 3.49. The van der Waals surface area contributed by atoms with Crippen LogP contribution in [0.2, 0.25) is 0 Å². The van der Waals surface area contributed by atoms with Crippen LogP contribution in [0.5, 0.6) is 0 Å². The molecule has 1 aliphatic carbocycles. The first-order valence-electron chi connectivity index (χ1n) is 4.72. The monoisotopic (exact) mass is 173 g/mol. The highest BCUT2D eigenvalue weighted by Crippen LogP contribution is 2.27. The number of thioether (sulfide) groups is 1. The second-order valence-electron chi connectivity index (χ2n) is 3.26. The Morgan fingerprint density at radius 3 is 2.82 bits per heavy atom. The van der Waals surface area contributed by atoms with Crippen molar-refractivity contribution in [3.05, 3.63) is 0 Å². The molecule has 0 unspecified atom stereocenters. The van der Waals surface area contributed by atoms with Crippen molar-refractivity contribution in [3.8, 4) is 0 Å². The van der Waals surface area contributed by atoms with Crippen LogP contribution in [0.3, 0.4) is 0 Å². The predicted molar refractivity (Wildman–Crippen MR) is 53.2 cm³/mol. The maximum atomic E-state index is 3.49. The number of hydrogen-bond acceptors (Lipinski definition) is 2. The van der Waals surface area contributed by atoms with Gasteiger partial charge < -0.3 is 5.32 Å². The van der Waals surface area contributed by atoms with Crippen molar-refractivity contribution in [1.82, 2.24) is 5.32 Å². The van der Waals surface area contributed by atoms with Crippen molar-refractivity contribution in [3.63, 3.8) is 0 Å². The zero-order valence-corrected chi connectivity index (χ0v) is 8.25. The van der Waals surface area contributed by atoms with Crippen LogP contribution in [0.15, 0.2) is 0 Å². The molecule has 0 aliphatic heterocycles. The summed E-state index contributed by atoms with van der Waals surface area (Å²) in [6.45, 7) is 4.72. The fourth-order valence-corrected chi connectivity index (χ4v) is 1.80. The lowest BCUT2D eigenvalue weighted by molar-refractivity contribution is 0.666. The lowest BCUT2D eigenvalue weighted by atomic mass is 10.4. The van der Waals surface area contributed by atoms with Crippen molar-refractivity contribution in [1.29, 1.82) is 0 Å². The Balaban J connectivity index is 1.66. The van der Waals surface area contributed by atoms with Crippen LogP contribution in [-0.2, 0) is 0 Å². The van der Waals surface area contributed by atoms with E-state index in [-0.39, 0.29) is 0 Å². The molecule has 0 bridgehead atoms. The van der Waals surface area contributed by atoms with Crippen LogP contribution in [0, 0.1) is 5.92 Å². The largest absolute Gasteiger partial charge is 0.316 e. The normalized spacial score (nSPS) is 17.2. The van der Waals surface area contributed by atoms with Gasteiger partial charge in [-0.05, 0) is 37.5 Å². The molecule has 1 rings (SSSR count). The van der Waals surface area contributed by atoms with Crippen LogP contribution in [0.4, 0.5) is 0 Å². The van der Waals surface area contributed by atoms with Crippen molar-refractivity contribution in [2.75, 3.05) is 24.6 Å². The van der Waals surface area contributed by atoms with Crippen molar-refractivity contribution >= 4 is 11.8 Å². The molecule has 0 saturated heterocycles. The molecule has 1 saturated carbocycles. The van der Waals surface area contributed by atoms with E-state index in [0.717, 1.165) is 5.92 Å². The van der Waals surface area contributed by atoms with Gasteiger partial charge in [-0.25, -0.2) is 0 Å². The average Bonchev–Trinajstić information content (AvgIpc) is 2.80. The number of nitrogens with one attached hydrogen (secondary N) is 1. The Morgan fingerprint density at radius 2 is 2.18 bits per heavy atom. The quantitative estimate of drug-likeness (QED) is 0.592. The van der Waals surface area contributed by atoms with E-state index in [1.165, 1.54) is 43.9 Å². The lowest BCUT2D eigenvalue weighted by Crippen LogP contribution is -2.19. The fraction of sp³-hybridized carbons (Fsp3) is 1.00. The smallest absolute Gasteiger partial charge is 0.00581 e. The molecule has 0 aromatic carbocycles.